The van der Waals surface area contributed by atoms with E-state index in [4.69, 9.17) is 0 Å². The summed E-state index contributed by atoms with van der Waals surface area (Å²) in [4.78, 5) is 0. The Labute approximate surface area is 56.2 Å². The summed E-state index contributed by atoms with van der Waals surface area (Å²) in [5, 5.41) is 0. The topological polar surface area (TPSA) is 0 Å². The van der Waals surface area contributed by atoms with E-state index in [-0.39, 0.29) is 0 Å². The molecule has 10 heavy (non-hydrogen) atoms. The molecule has 0 aliphatic heterocycles. The zero-order valence-corrected chi connectivity index (χ0v) is 5.24. The summed E-state index contributed by atoms with van der Waals surface area (Å²) in [6.07, 6.45) is 0.851. The highest BCUT2D eigenvalue weighted by Gasteiger charge is 2.45. The molecular formula is C6H6F4. The van der Waals surface area contributed by atoms with Crippen LogP contribution >= 0.6 is 0 Å². The molecule has 0 saturated carbocycles. The third-order valence-electron chi connectivity index (χ3n) is 1.12. The highest BCUT2D eigenvalue weighted by atomic mass is 19.3. The third kappa shape index (κ3) is 1.63. The van der Waals surface area contributed by atoms with Crippen molar-refractivity contribution in [2.75, 3.05) is 0 Å². The first kappa shape index (κ1) is 9.28. The molecule has 0 radical (unpaired) electrons. The second-order valence-electron chi connectivity index (χ2n) is 1.86. The third-order valence-corrected chi connectivity index (χ3v) is 1.12. The van der Waals surface area contributed by atoms with E-state index in [9.17, 15) is 17.6 Å². The standard InChI is InChI=1S/C6H6F4/c1-3-4(2)6(9,10)5(7)8/h1,4-5H,2H3. The molecule has 1 unspecified atom stereocenters. The van der Waals surface area contributed by atoms with Crippen LogP contribution in [0, 0.1) is 18.3 Å². The minimum atomic E-state index is -4.06. The van der Waals surface area contributed by atoms with E-state index in [1.807, 2.05) is 0 Å². The molecule has 0 aromatic rings. The molecule has 1 atom stereocenters. The maximum absolute atomic E-state index is 12.0. The molecule has 0 amide bonds. The molecule has 0 nitrogen and oxygen atoms in total. The Hall–Kier alpha value is -0.720. The summed E-state index contributed by atoms with van der Waals surface area (Å²) in [5.41, 5.74) is 0. The smallest absolute Gasteiger partial charge is 0.204 e. The molecule has 4 heteroatoms. The van der Waals surface area contributed by atoms with Crippen LogP contribution in [0.2, 0.25) is 0 Å². The van der Waals surface area contributed by atoms with Crippen LogP contribution in [0.1, 0.15) is 6.92 Å². The minimum Gasteiger partial charge on any atom is -0.204 e. The summed E-state index contributed by atoms with van der Waals surface area (Å²) in [5.74, 6) is -4.22. The van der Waals surface area contributed by atoms with Crippen molar-refractivity contribution in [1.82, 2.24) is 0 Å². The van der Waals surface area contributed by atoms with Crippen molar-refractivity contribution in [3.8, 4) is 12.3 Å². The maximum Gasteiger partial charge on any atom is 0.320 e. The molecule has 0 aliphatic carbocycles. The van der Waals surface area contributed by atoms with Crippen molar-refractivity contribution in [1.29, 1.82) is 0 Å². The number of alkyl halides is 4. The lowest BCUT2D eigenvalue weighted by molar-refractivity contribution is -0.148. The predicted molar refractivity (Wildman–Crippen MR) is 28.9 cm³/mol. The van der Waals surface area contributed by atoms with Gasteiger partial charge in [-0.25, -0.2) is 8.78 Å². The Morgan fingerprint density at radius 1 is 1.40 bits per heavy atom. The average molecular weight is 154 g/mol. The highest BCUT2D eigenvalue weighted by molar-refractivity contribution is 4.98. The van der Waals surface area contributed by atoms with Crippen LogP contribution in [0.4, 0.5) is 17.6 Å². The van der Waals surface area contributed by atoms with Crippen LogP contribution in [0.3, 0.4) is 0 Å². The van der Waals surface area contributed by atoms with Gasteiger partial charge in [-0.3, -0.25) is 0 Å². The van der Waals surface area contributed by atoms with Crippen LogP contribution in [-0.2, 0) is 0 Å². The fourth-order valence-corrected chi connectivity index (χ4v) is 0.300. The minimum absolute atomic E-state index is 0.881. The van der Waals surface area contributed by atoms with E-state index in [1.165, 1.54) is 0 Å². The monoisotopic (exact) mass is 154 g/mol. The molecule has 0 rings (SSSR count). The van der Waals surface area contributed by atoms with E-state index in [0.29, 0.717) is 0 Å². The van der Waals surface area contributed by atoms with Gasteiger partial charge in [0, 0.05) is 0 Å². The number of hydrogen-bond donors (Lipinski definition) is 0. The normalized spacial score (nSPS) is 14.9. The quantitative estimate of drug-likeness (QED) is 0.422. The fourth-order valence-electron chi connectivity index (χ4n) is 0.300. The molecule has 0 fully saturated rings. The molecule has 0 aromatic carbocycles. The van der Waals surface area contributed by atoms with Crippen LogP contribution in [0.15, 0.2) is 0 Å². The Morgan fingerprint density at radius 2 is 1.80 bits per heavy atom. The first-order chi connectivity index (χ1) is 4.42. The van der Waals surface area contributed by atoms with E-state index in [2.05, 4.69) is 6.42 Å². The zero-order valence-electron chi connectivity index (χ0n) is 5.24. The molecule has 0 aromatic heterocycles. The van der Waals surface area contributed by atoms with Gasteiger partial charge in [0.15, 0.2) is 0 Å². The number of rotatable bonds is 2. The van der Waals surface area contributed by atoms with Crippen LogP contribution in [-0.4, -0.2) is 12.3 Å². The lowest BCUT2D eigenvalue weighted by atomic mass is 10.1. The maximum atomic E-state index is 12.0. The summed E-state index contributed by atoms with van der Waals surface area (Å²) in [6, 6.07) is 0. The Morgan fingerprint density at radius 3 is 1.90 bits per heavy atom. The van der Waals surface area contributed by atoms with Crippen molar-refractivity contribution in [2.24, 2.45) is 5.92 Å². The first-order valence-corrected chi connectivity index (χ1v) is 2.55. The van der Waals surface area contributed by atoms with Gasteiger partial charge in [-0.15, -0.1) is 6.42 Å². The van der Waals surface area contributed by atoms with Gasteiger partial charge in [0.05, 0.1) is 5.92 Å². The van der Waals surface area contributed by atoms with Gasteiger partial charge >= 0.3 is 12.3 Å². The Kier molecular flexibility index (Phi) is 2.70. The van der Waals surface area contributed by atoms with Crippen molar-refractivity contribution in [2.45, 2.75) is 19.3 Å². The van der Waals surface area contributed by atoms with Gasteiger partial charge in [-0.2, -0.15) is 8.78 Å². The van der Waals surface area contributed by atoms with Crippen molar-refractivity contribution < 1.29 is 17.6 Å². The number of terminal acetylenes is 1. The van der Waals surface area contributed by atoms with E-state index < -0.39 is 18.3 Å². The van der Waals surface area contributed by atoms with Crippen molar-refractivity contribution >= 4 is 0 Å². The molecule has 0 spiro atoms. The van der Waals surface area contributed by atoms with Gasteiger partial charge in [-0.1, -0.05) is 5.92 Å². The Bertz CT molecular complexity index is 144. The van der Waals surface area contributed by atoms with E-state index in [0.717, 1.165) is 6.92 Å². The highest BCUT2D eigenvalue weighted by Crippen LogP contribution is 2.30. The number of hydrogen-bond acceptors (Lipinski definition) is 0. The Balaban J connectivity index is 4.27. The SMILES string of the molecule is C#CC(C)C(F)(F)C(F)F. The fraction of sp³-hybridized carbons (Fsp3) is 0.667. The number of halogens is 4. The lowest BCUT2D eigenvalue weighted by Crippen LogP contribution is -2.33. The zero-order chi connectivity index (χ0) is 8.36. The largest absolute Gasteiger partial charge is 0.320 e. The van der Waals surface area contributed by atoms with Gasteiger partial charge in [0.1, 0.15) is 0 Å². The van der Waals surface area contributed by atoms with Crippen LogP contribution in [0.5, 0.6) is 0 Å². The van der Waals surface area contributed by atoms with Crippen LogP contribution in [0.25, 0.3) is 0 Å². The molecule has 58 valence electrons. The molecule has 0 N–H and O–H groups in total. The van der Waals surface area contributed by atoms with Gasteiger partial charge in [0.25, 0.3) is 0 Å². The lowest BCUT2D eigenvalue weighted by Gasteiger charge is -2.17. The first-order valence-electron chi connectivity index (χ1n) is 2.55. The summed E-state index contributed by atoms with van der Waals surface area (Å²) >= 11 is 0. The van der Waals surface area contributed by atoms with E-state index >= 15 is 0 Å². The molecular weight excluding hydrogens is 148 g/mol. The summed E-state index contributed by atoms with van der Waals surface area (Å²) in [6.45, 7) is 0.881. The van der Waals surface area contributed by atoms with Crippen LogP contribution < -0.4 is 0 Å². The van der Waals surface area contributed by atoms with E-state index in [1.54, 1.807) is 5.92 Å². The average Bonchev–Trinajstić information content (AvgIpc) is 1.86. The molecule has 0 heterocycles. The molecule has 0 saturated heterocycles. The van der Waals surface area contributed by atoms with Gasteiger partial charge < -0.3 is 0 Å². The molecule has 0 aliphatic rings. The second kappa shape index (κ2) is 2.91. The second-order valence-corrected chi connectivity index (χ2v) is 1.86. The molecule has 0 bridgehead atoms. The summed E-state index contributed by atoms with van der Waals surface area (Å²) in [7, 11) is 0. The predicted octanol–water partition coefficient (Wildman–Crippen LogP) is 2.16. The van der Waals surface area contributed by atoms with Crippen molar-refractivity contribution in [3.05, 3.63) is 0 Å². The summed E-state index contributed by atoms with van der Waals surface area (Å²) < 4.78 is 46.9. The van der Waals surface area contributed by atoms with Crippen molar-refractivity contribution in [3.63, 3.8) is 0 Å². The van der Waals surface area contributed by atoms with Gasteiger partial charge in [0.2, 0.25) is 0 Å². The van der Waals surface area contributed by atoms with Gasteiger partial charge in [-0.05, 0) is 6.92 Å².